The molecule has 0 amide bonds. The van der Waals surface area contributed by atoms with Crippen molar-refractivity contribution in [2.24, 2.45) is 11.7 Å². The summed E-state index contributed by atoms with van der Waals surface area (Å²) in [5.74, 6) is -0.427. The molecule has 0 unspecified atom stereocenters. The van der Waals surface area contributed by atoms with Gasteiger partial charge in [0.05, 0.1) is 10.5 Å². The Morgan fingerprint density at radius 2 is 2.05 bits per heavy atom. The van der Waals surface area contributed by atoms with Crippen LogP contribution >= 0.6 is 12.2 Å². The topological polar surface area (TPSA) is 72.2 Å². The molecule has 110 valence electrons. The van der Waals surface area contributed by atoms with Gasteiger partial charge in [0.2, 0.25) is 10.0 Å². The predicted molar refractivity (Wildman–Crippen MR) is 79.4 cm³/mol. The minimum absolute atomic E-state index is 0.210. The van der Waals surface area contributed by atoms with Crippen molar-refractivity contribution in [3.8, 4) is 0 Å². The number of benzene rings is 1. The maximum atomic E-state index is 13.8. The summed E-state index contributed by atoms with van der Waals surface area (Å²) in [6.07, 6.45) is 1.97. The van der Waals surface area contributed by atoms with Crippen molar-refractivity contribution in [1.82, 2.24) is 4.72 Å². The third-order valence-electron chi connectivity index (χ3n) is 3.51. The molecular formula is C13H17FN2O2S2. The molecule has 0 atom stereocenters. The number of nitrogens with one attached hydrogen (secondary N) is 1. The van der Waals surface area contributed by atoms with E-state index in [1.807, 2.05) is 13.8 Å². The van der Waals surface area contributed by atoms with Crippen LogP contribution in [0.5, 0.6) is 0 Å². The maximum Gasteiger partial charge on any atom is 0.241 e. The van der Waals surface area contributed by atoms with Gasteiger partial charge in [-0.05, 0) is 44.7 Å². The molecule has 1 saturated carbocycles. The van der Waals surface area contributed by atoms with Gasteiger partial charge in [0.25, 0.3) is 0 Å². The maximum absolute atomic E-state index is 13.8. The third kappa shape index (κ3) is 2.99. The number of rotatable bonds is 5. The number of sulfonamides is 1. The predicted octanol–water partition coefficient (Wildman–Crippen LogP) is 1.93. The van der Waals surface area contributed by atoms with Crippen LogP contribution in [-0.4, -0.2) is 18.9 Å². The molecule has 0 spiro atoms. The van der Waals surface area contributed by atoms with Crippen LogP contribution < -0.4 is 10.5 Å². The second kappa shape index (κ2) is 5.05. The molecule has 1 aliphatic rings. The zero-order valence-corrected chi connectivity index (χ0v) is 12.9. The number of nitrogens with two attached hydrogens (primary N) is 1. The van der Waals surface area contributed by atoms with Gasteiger partial charge in [-0.1, -0.05) is 18.3 Å². The van der Waals surface area contributed by atoms with Gasteiger partial charge in [-0.15, -0.1) is 0 Å². The Labute approximate surface area is 123 Å². The first-order valence-corrected chi connectivity index (χ1v) is 8.16. The van der Waals surface area contributed by atoms with Gasteiger partial charge in [0.15, 0.2) is 0 Å². The van der Waals surface area contributed by atoms with E-state index >= 15 is 0 Å². The molecule has 0 radical (unpaired) electrons. The molecule has 0 heterocycles. The standard InChI is InChI=1S/C13H17FN2O2S2/c1-13(2,8-6-7-8)16-20(17,18)10-5-3-4-9(14)11(10)12(15)19/h3-5,8,16H,6-7H2,1-2H3,(H2,15,19). The Morgan fingerprint density at radius 1 is 1.45 bits per heavy atom. The lowest BCUT2D eigenvalue weighted by Gasteiger charge is -2.26. The Bertz CT molecular complexity index is 652. The summed E-state index contributed by atoms with van der Waals surface area (Å²) < 4.78 is 41.3. The number of halogens is 1. The molecule has 1 aromatic rings. The summed E-state index contributed by atoms with van der Waals surface area (Å²) in [6, 6.07) is 3.78. The highest BCUT2D eigenvalue weighted by molar-refractivity contribution is 7.89. The van der Waals surface area contributed by atoms with Crippen molar-refractivity contribution in [2.75, 3.05) is 0 Å². The summed E-state index contributed by atoms with van der Waals surface area (Å²) >= 11 is 4.76. The minimum atomic E-state index is -3.88. The Balaban J connectivity index is 2.44. The molecule has 4 nitrogen and oxygen atoms in total. The summed E-state index contributed by atoms with van der Waals surface area (Å²) in [5.41, 5.74) is 4.64. The van der Waals surface area contributed by atoms with Crippen LogP contribution in [0.4, 0.5) is 4.39 Å². The molecule has 0 saturated heterocycles. The first kappa shape index (κ1) is 15.3. The SMILES string of the molecule is CC(C)(NS(=O)(=O)c1cccc(F)c1C(N)=S)C1CC1. The zero-order chi connectivity index (χ0) is 15.1. The van der Waals surface area contributed by atoms with E-state index in [2.05, 4.69) is 4.72 Å². The number of hydrogen-bond donors (Lipinski definition) is 2. The second-order valence-electron chi connectivity index (χ2n) is 5.58. The van der Waals surface area contributed by atoms with Gasteiger partial charge in [-0.2, -0.15) is 0 Å². The van der Waals surface area contributed by atoms with Gasteiger partial charge < -0.3 is 5.73 Å². The van der Waals surface area contributed by atoms with Gasteiger partial charge in [-0.3, -0.25) is 0 Å². The molecule has 7 heteroatoms. The molecule has 20 heavy (non-hydrogen) atoms. The third-order valence-corrected chi connectivity index (χ3v) is 5.42. The van der Waals surface area contributed by atoms with E-state index in [1.165, 1.54) is 12.1 Å². The quantitative estimate of drug-likeness (QED) is 0.814. The van der Waals surface area contributed by atoms with Crippen molar-refractivity contribution < 1.29 is 12.8 Å². The largest absolute Gasteiger partial charge is 0.389 e. The molecule has 1 fully saturated rings. The lowest BCUT2D eigenvalue weighted by molar-refractivity contribution is 0.400. The zero-order valence-electron chi connectivity index (χ0n) is 11.3. The summed E-state index contributed by atoms with van der Waals surface area (Å²) in [7, 11) is -3.88. The number of hydrogen-bond acceptors (Lipinski definition) is 3. The van der Waals surface area contributed by atoms with E-state index < -0.39 is 21.4 Å². The highest BCUT2D eigenvalue weighted by Gasteiger charge is 2.41. The van der Waals surface area contributed by atoms with Crippen molar-refractivity contribution in [2.45, 2.75) is 37.1 Å². The fourth-order valence-corrected chi connectivity index (χ4v) is 4.23. The van der Waals surface area contributed by atoms with Crippen molar-refractivity contribution in [3.05, 3.63) is 29.6 Å². The smallest absolute Gasteiger partial charge is 0.241 e. The Morgan fingerprint density at radius 3 is 2.55 bits per heavy atom. The van der Waals surface area contributed by atoms with Crippen LogP contribution in [0.1, 0.15) is 32.3 Å². The van der Waals surface area contributed by atoms with E-state index in [4.69, 9.17) is 18.0 Å². The summed E-state index contributed by atoms with van der Waals surface area (Å²) in [4.78, 5) is -0.480. The van der Waals surface area contributed by atoms with Crippen molar-refractivity contribution in [3.63, 3.8) is 0 Å². The van der Waals surface area contributed by atoms with Crippen LogP contribution in [0.15, 0.2) is 23.1 Å². The first-order chi connectivity index (χ1) is 9.15. The Hall–Kier alpha value is -1.05. The van der Waals surface area contributed by atoms with Crippen LogP contribution in [-0.2, 0) is 10.0 Å². The fraction of sp³-hybridized carbons (Fsp3) is 0.462. The van der Waals surface area contributed by atoms with Crippen LogP contribution in [0.25, 0.3) is 0 Å². The van der Waals surface area contributed by atoms with Gasteiger partial charge in [-0.25, -0.2) is 17.5 Å². The van der Waals surface area contributed by atoms with Crippen LogP contribution in [0, 0.1) is 11.7 Å². The number of thiocarbonyl (C=S) groups is 1. The monoisotopic (exact) mass is 316 g/mol. The Kier molecular flexibility index (Phi) is 3.88. The molecule has 3 N–H and O–H groups in total. The second-order valence-corrected chi connectivity index (χ2v) is 7.67. The van der Waals surface area contributed by atoms with Gasteiger partial charge in [0.1, 0.15) is 10.8 Å². The van der Waals surface area contributed by atoms with E-state index in [0.29, 0.717) is 5.92 Å². The molecule has 0 aliphatic heterocycles. The normalized spacial score (nSPS) is 16.1. The molecule has 2 rings (SSSR count). The fourth-order valence-electron chi connectivity index (χ4n) is 2.26. The van der Waals surface area contributed by atoms with E-state index in [-0.39, 0.29) is 15.4 Å². The van der Waals surface area contributed by atoms with Gasteiger partial charge >= 0.3 is 0 Å². The molecule has 1 aliphatic carbocycles. The molecule has 0 aromatic heterocycles. The summed E-state index contributed by atoms with van der Waals surface area (Å²) in [6.45, 7) is 3.64. The average Bonchev–Trinajstić information content (AvgIpc) is 3.10. The lowest BCUT2D eigenvalue weighted by Crippen LogP contribution is -2.45. The highest BCUT2D eigenvalue weighted by Crippen LogP contribution is 2.40. The van der Waals surface area contributed by atoms with E-state index in [1.54, 1.807) is 0 Å². The van der Waals surface area contributed by atoms with Crippen LogP contribution in [0.3, 0.4) is 0 Å². The molecule has 1 aromatic carbocycles. The van der Waals surface area contributed by atoms with E-state index in [0.717, 1.165) is 18.9 Å². The van der Waals surface area contributed by atoms with Crippen LogP contribution in [0.2, 0.25) is 0 Å². The van der Waals surface area contributed by atoms with Gasteiger partial charge in [0, 0.05) is 5.54 Å². The molecule has 0 bridgehead atoms. The van der Waals surface area contributed by atoms with E-state index in [9.17, 15) is 12.8 Å². The van der Waals surface area contributed by atoms with Crippen molar-refractivity contribution >= 4 is 27.2 Å². The minimum Gasteiger partial charge on any atom is -0.389 e. The first-order valence-electron chi connectivity index (χ1n) is 6.27. The lowest BCUT2D eigenvalue weighted by atomic mass is 10.0. The molecular weight excluding hydrogens is 299 g/mol. The van der Waals surface area contributed by atoms with Crippen molar-refractivity contribution in [1.29, 1.82) is 0 Å². The highest BCUT2D eigenvalue weighted by atomic mass is 32.2. The summed E-state index contributed by atoms with van der Waals surface area (Å²) in [5, 5.41) is 0. The average molecular weight is 316 g/mol.